The molecule has 4 rings (SSSR count). The lowest BCUT2D eigenvalue weighted by Crippen LogP contribution is -2.25. The molecule has 0 aliphatic carbocycles. The van der Waals surface area contributed by atoms with Crippen LogP contribution in [-0.4, -0.2) is 25.2 Å². The number of hydrogen-bond acceptors (Lipinski definition) is 4. The predicted molar refractivity (Wildman–Crippen MR) is 110 cm³/mol. The molecule has 2 N–H and O–H groups in total. The van der Waals surface area contributed by atoms with Crippen molar-refractivity contribution in [2.45, 2.75) is 13.0 Å². The van der Waals surface area contributed by atoms with Crippen LogP contribution in [0.3, 0.4) is 0 Å². The number of hydrogen-bond donors (Lipinski definition) is 2. The second-order valence-corrected chi connectivity index (χ2v) is 6.62. The van der Waals surface area contributed by atoms with Gasteiger partial charge in [0.1, 0.15) is 0 Å². The SMILES string of the molecule is O=C(CCn1c(=S)[nH]c2ccccc2c1=O)Nc1cccc(-n2cccn2)c1. The second kappa shape index (κ2) is 7.61. The molecule has 0 unspecified atom stereocenters. The number of nitrogens with zero attached hydrogens (tertiary/aromatic N) is 3. The van der Waals surface area contributed by atoms with Crippen LogP contribution >= 0.6 is 12.2 Å². The second-order valence-electron chi connectivity index (χ2n) is 6.23. The summed E-state index contributed by atoms with van der Waals surface area (Å²) in [4.78, 5) is 28.0. The van der Waals surface area contributed by atoms with Gasteiger partial charge in [-0.25, -0.2) is 4.68 Å². The van der Waals surface area contributed by atoms with Gasteiger partial charge in [-0.15, -0.1) is 0 Å². The minimum Gasteiger partial charge on any atom is -0.332 e. The maximum Gasteiger partial charge on any atom is 0.262 e. The molecule has 4 aromatic rings. The van der Waals surface area contributed by atoms with E-state index in [0.29, 0.717) is 21.4 Å². The Hall–Kier alpha value is -3.52. The summed E-state index contributed by atoms with van der Waals surface area (Å²) in [7, 11) is 0. The average Bonchev–Trinajstić information content (AvgIpc) is 3.23. The lowest BCUT2D eigenvalue weighted by molar-refractivity contribution is -0.116. The minimum absolute atomic E-state index is 0.127. The Morgan fingerprint density at radius 2 is 2.00 bits per heavy atom. The zero-order valence-corrected chi connectivity index (χ0v) is 15.6. The molecule has 2 heterocycles. The van der Waals surface area contributed by atoms with Gasteiger partial charge in [-0.3, -0.25) is 14.2 Å². The third-order valence-electron chi connectivity index (χ3n) is 4.35. The molecule has 0 saturated heterocycles. The number of amides is 1. The molecular weight excluding hydrogens is 374 g/mol. The molecule has 0 saturated carbocycles. The first-order valence-electron chi connectivity index (χ1n) is 8.73. The van der Waals surface area contributed by atoms with Gasteiger partial charge in [-0.1, -0.05) is 18.2 Å². The summed E-state index contributed by atoms with van der Waals surface area (Å²) in [5, 5.41) is 7.57. The van der Waals surface area contributed by atoms with Crippen molar-refractivity contribution in [1.82, 2.24) is 19.3 Å². The summed E-state index contributed by atoms with van der Waals surface area (Å²) in [6.45, 7) is 0.198. The number of nitrogens with one attached hydrogen (secondary N) is 2. The monoisotopic (exact) mass is 391 g/mol. The van der Waals surface area contributed by atoms with Crippen LogP contribution in [0.15, 0.2) is 71.8 Å². The zero-order chi connectivity index (χ0) is 19.5. The Morgan fingerprint density at radius 1 is 1.14 bits per heavy atom. The number of H-pyrrole nitrogens is 1. The lowest BCUT2D eigenvalue weighted by atomic mass is 10.2. The highest BCUT2D eigenvalue weighted by molar-refractivity contribution is 7.71. The number of para-hydroxylation sites is 1. The van der Waals surface area contributed by atoms with E-state index < -0.39 is 0 Å². The molecule has 0 bridgehead atoms. The maximum atomic E-state index is 12.6. The normalized spacial score (nSPS) is 10.9. The molecule has 7 nitrogen and oxygen atoms in total. The van der Waals surface area contributed by atoms with Crippen molar-refractivity contribution >= 4 is 34.7 Å². The Kier molecular flexibility index (Phi) is 4.86. The van der Waals surface area contributed by atoms with Crippen LogP contribution in [-0.2, 0) is 11.3 Å². The van der Waals surface area contributed by atoms with Crippen LogP contribution < -0.4 is 10.9 Å². The van der Waals surface area contributed by atoms with Crippen LogP contribution in [0.1, 0.15) is 6.42 Å². The average molecular weight is 391 g/mol. The van der Waals surface area contributed by atoms with E-state index >= 15 is 0 Å². The molecule has 140 valence electrons. The predicted octanol–water partition coefficient (Wildman–Crippen LogP) is 3.27. The number of rotatable bonds is 5. The molecular formula is C20H17N5O2S. The van der Waals surface area contributed by atoms with Gasteiger partial charge < -0.3 is 10.3 Å². The van der Waals surface area contributed by atoms with Gasteiger partial charge in [0.25, 0.3) is 5.56 Å². The summed E-state index contributed by atoms with van der Waals surface area (Å²) < 4.78 is 3.43. The first kappa shape index (κ1) is 17.9. The van der Waals surface area contributed by atoms with Crippen molar-refractivity contribution < 1.29 is 4.79 Å². The number of carbonyl (C=O) groups is 1. The smallest absolute Gasteiger partial charge is 0.262 e. The van der Waals surface area contributed by atoms with Crippen LogP contribution in [0.4, 0.5) is 5.69 Å². The Morgan fingerprint density at radius 3 is 2.82 bits per heavy atom. The molecule has 1 amide bonds. The first-order valence-corrected chi connectivity index (χ1v) is 9.14. The zero-order valence-electron chi connectivity index (χ0n) is 14.8. The van der Waals surface area contributed by atoms with Crippen LogP contribution in [0.5, 0.6) is 0 Å². The van der Waals surface area contributed by atoms with Crippen LogP contribution in [0.25, 0.3) is 16.6 Å². The fraction of sp³-hybridized carbons (Fsp3) is 0.100. The molecule has 8 heteroatoms. The van der Waals surface area contributed by atoms with E-state index in [1.165, 1.54) is 4.57 Å². The van der Waals surface area contributed by atoms with E-state index in [-0.39, 0.29) is 24.4 Å². The number of fused-ring (bicyclic) bond motifs is 1. The molecule has 0 radical (unpaired) electrons. The van der Waals surface area contributed by atoms with Gasteiger partial charge in [-0.2, -0.15) is 5.10 Å². The summed E-state index contributed by atoms with van der Waals surface area (Å²) >= 11 is 5.28. The summed E-state index contributed by atoms with van der Waals surface area (Å²) in [6, 6.07) is 16.4. The summed E-state index contributed by atoms with van der Waals surface area (Å²) in [5.74, 6) is -0.202. The highest BCUT2D eigenvalue weighted by Crippen LogP contribution is 2.14. The van der Waals surface area contributed by atoms with E-state index in [1.807, 2.05) is 36.5 Å². The third-order valence-corrected chi connectivity index (χ3v) is 4.67. The van der Waals surface area contributed by atoms with Gasteiger partial charge in [0, 0.05) is 31.0 Å². The van der Waals surface area contributed by atoms with Gasteiger partial charge in [0.05, 0.1) is 16.6 Å². The van der Waals surface area contributed by atoms with E-state index in [0.717, 1.165) is 5.69 Å². The summed E-state index contributed by atoms with van der Waals surface area (Å²) in [5.41, 5.74) is 1.99. The topological polar surface area (TPSA) is 84.7 Å². The van der Waals surface area contributed by atoms with Crippen molar-refractivity contribution in [2.75, 3.05) is 5.32 Å². The van der Waals surface area contributed by atoms with Crippen molar-refractivity contribution in [3.05, 3.63) is 82.1 Å². The van der Waals surface area contributed by atoms with Gasteiger partial charge in [0.2, 0.25) is 5.91 Å². The molecule has 0 aliphatic rings. The summed E-state index contributed by atoms with van der Waals surface area (Å²) in [6.07, 6.45) is 3.65. The van der Waals surface area contributed by atoms with Crippen molar-refractivity contribution in [3.8, 4) is 5.69 Å². The number of carbonyl (C=O) groups excluding carboxylic acids is 1. The third kappa shape index (κ3) is 3.63. The van der Waals surface area contributed by atoms with Gasteiger partial charge >= 0.3 is 0 Å². The highest BCUT2D eigenvalue weighted by Gasteiger charge is 2.09. The van der Waals surface area contributed by atoms with E-state index in [9.17, 15) is 9.59 Å². The van der Waals surface area contributed by atoms with E-state index in [1.54, 1.807) is 35.1 Å². The van der Waals surface area contributed by atoms with Crippen molar-refractivity contribution in [2.24, 2.45) is 0 Å². The first-order chi connectivity index (χ1) is 13.6. The fourth-order valence-electron chi connectivity index (χ4n) is 2.99. The van der Waals surface area contributed by atoms with Gasteiger partial charge in [0.15, 0.2) is 4.77 Å². The van der Waals surface area contributed by atoms with Crippen LogP contribution in [0, 0.1) is 4.77 Å². The molecule has 2 aromatic carbocycles. The number of benzene rings is 2. The van der Waals surface area contributed by atoms with E-state index in [4.69, 9.17) is 12.2 Å². The minimum atomic E-state index is -0.202. The van der Waals surface area contributed by atoms with Crippen molar-refractivity contribution in [1.29, 1.82) is 0 Å². The molecule has 0 fully saturated rings. The molecule has 0 spiro atoms. The molecule has 28 heavy (non-hydrogen) atoms. The number of aromatic nitrogens is 4. The number of aromatic amines is 1. The highest BCUT2D eigenvalue weighted by atomic mass is 32.1. The van der Waals surface area contributed by atoms with Crippen molar-refractivity contribution in [3.63, 3.8) is 0 Å². The standard InChI is InChI=1S/C20H17N5O2S/c26-18(22-14-5-3-6-15(13-14)25-11-4-10-21-25)9-12-24-19(27)16-7-1-2-8-17(16)23-20(24)28/h1-8,10-11,13H,9,12H2,(H,22,26)(H,23,28). The Labute approximate surface area is 165 Å². The van der Waals surface area contributed by atoms with Crippen LogP contribution in [0.2, 0.25) is 0 Å². The largest absolute Gasteiger partial charge is 0.332 e. The molecule has 0 atom stereocenters. The number of anilines is 1. The molecule has 2 aromatic heterocycles. The maximum absolute atomic E-state index is 12.6. The van der Waals surface area contributed by atoms with Gasteiger partial charge in [-0.05, 0) is 48.6 Å². The fourth-order valence-corrected chi connectivity index (χ4v) is 3.27. The Balaban J connectivity index is 1.48. The molecule has 0 aliphatic heterocycles. The van der Waals surface area contributed by atoms with E-state index in [2.05, 4.69) is 15.4 Å². The quantitative estimate of drug-likeness (QED) is 0.512. The lowest BCUT2D eigenvalue weighted by Gasteiger charge is -2.10. The Bertz CT molecular complexity index is 1260.